The topological polar surface area (TPSA) is 9.23 Å². The number of hydrogen-bond donors (Lipinski definition) is 0. The smallest absolute Gasteiger partial charge is 0.0598 e. The van der Waals surface area contributed by atoms with Crippen molar-refractivity contribution in [2.75, 3.05) is 12.5 Å². The molecule has 1 rings (SSSR count). The van der Waals surface area contributed by atoms with E-state index in [0.717, 1.165) is 17.5 Å². The maximum Gasteiger partial charge on any atom is 0.0598 e. The minimum Gasteiger partial charge on any atom is -0.376 e. The van der Waals surface area contributed by atoms with Gasteiger partial charge in [-0.2, -0.15) is 0 Å². The van der Waals surface area contributed by atoms with E-state index in [2.05, 4.69) is 61.0 Å². The molecule has 96 valence electrons. The summed E-state index contributed by atoms with van der Waals surface area (Å²) < 4.78 is 6.84. The quantitative estimate of drug-likeness (QED) is 0.696. The second-order valence-electron chi connectivity index (χ2n) is 5.15. The van der Waals surface area contributed by atoms with Crippen LogP contribution in [0.1, 0.15) is 38.7 Å². The lowest BCUT2D eigenvalue weighted by atomic mass is 9.98. The Bertz CT molecular complexity index is 329. The summed E-state index contributed by atoms with van der Waals surface area (Å²) in [6, 6.07) is 8.35. The monoisotopic (exact) mass is 318 g/mol. The zero-order chi connectivity index (χ0) is 12.9. The van der Waals surface area contributed by atoms with Gasteiger partial charge in [0, 0.05) is 17.0 Å². The van der Waals surface area contributed by atoms with Gasteiger partial charge in [0.05, 0.1) is 5.60 Å². The van der Waals surface area contributed by atoms with Gasteiger partial charge >= 0.3 is 0 Å². The minimum absolute atomic E-state index is 0.0728. The Kier molecular flexibility index (Phi) is 5.98. The van der Waals surface area contributed by atoms with E-state index < -0.39 is 0 Å². The Morgan fingerprint density at radius 1 is 1.24 bits per heavy atom. The van der Waals surface area contributed by atoms with Crippen molar-refractivity contribution in [3.63, 3.8) is 0 Å². The van der Waals surface area contributed by atoms with Gasteiger partial charge in [-0.3, -0.25) is 0 Å². The first kappa shape index (κ1) is 15.0. The molecule has 0 spiro atoms. The molecular formula is C14H20BrClO. The van der Waals surface area contributed by atoms with E-state index in [1.165, 1.54) is 5.56 Å². The molecule has 0 saturated carbocycles. The second kappa shape index (κ2) is 6.77. The van der Waals surface area contributed by atoms with E-state index in [1.54, 1.807) is 0 Å². The standard InChI is InChI=1S/C14H20BrClO/c1-14(2,3)17-9-8-12(10-16)11-4-6-13(15)7-5-11/h4-7,12H,8-10H2,1-3H3. The molecule has 1 nitrogen and oxygen atoms in total. The molecule has 1 aromatic rings. The van der Waals surface area contributed by atoms with Gasteiger partial charge in [0.15, 0.2) is 0 Å². The van der Waals surface area contributed by atoms with E-state index in [4.69, 9.17) is 16.3 Å². The summed E-state index contributed by atoms with van der Waals surface area (Å²) in [4.78, 5) is 0. The largest absolute Gasteiger partial charge is 0.376 e. The van der Waals surface area contributed by atoms with Crippen LogP contribution in [0.5, 0.6) is 0 Å². The highest BCUT2D eigenvalue weighted by Gasteiger charge is 2.14. The van der Waals surface area contributed by atoms with Crippen LogP contribution >= 0.6 is 27.5 Å². The molecule has 1 aromatic carbocycles. The number of hydrogen-bond acceptors (Lipinski definition) is 1. The second-order valence-corrected chi connectivity index (χ2v) is 6.38. The molecule has 17 heavy (non-hydrogen) atoms. The lowest BCUT2D eigenvalue weighted by molar-refractivity contribution is -0.00565. The lowest BCUT2D eigenvalue weighted by Gasteiger charge is -2.22. The fourth-order valence-corrected chi connectivity index (χ4v) is 2.17. The van der Waals surface area contributed by atoms with Gasteiger partial charge < -0.3 is 4.74 Å². The van der Waals surface area contributed by atoms with Crippen LogP contribution in [0.4, 0.5) is 0 Å². The molecular weight excluding hydrogens is 300 g/mol. The van der Waals surface area contributed by atoms with Gasteiger partial charge in [-0.15, -0.1) is 11.6 Å². The molecule has 0 saturated heterocycles. The number of rotatable bonds is 5. The third-order valence-electron chi connectivity index (χ3n) is 2.53. The Hall–Kier alpha value is -0.0500. The van der Waals surface area contributed by atoms with Crippen LogP contribution in [0, 0.1) is 0 Å². The minimum atomic E-state index is -0.0728. The first-order chi connectivity index (χ1) is 7.92. The number of halogens is 2. The van der Waals surface area contributed by atoms with Crippen molar-refractivity contribution in [1.29, 1.82) is 0 Å². The number of alkyl halides is 1. The van der Waals surface area contributed by atoms with E-state index in [1.807, 2.05) is 0 Å². The normalized spacial score (nSPS) is 13.7. The molecule has 1 unspecified atom stereocenters. The third-order valence-corrected chi connectivity index (χ3v) is 3.43. The molecule has 0 heterocycles. The zero-order valence-corrected chi connectivity index (χ0v) is 13.0. The van der Waals surface area contributed by atoms with Gasteiger partial charge in [-0.05, 0) is 50.8 Å². The molecule has 0 aromatic heterocycles. The van der Waals surface area contributed by atoms with E-state index in [0.29, 0.717) is 11.8 Å². The van der Waals surface area contributed by atoms with Crippen molar-refractivity contribution in [2.24, 2.45) is 0 Å². The average Bonchev–Trinajstić information content (AvgIpc) is 2.24. The van der Waals surface area contributed by atoms with Crippen molar-refractivity contribution < 1.29 is 4.74 Å². The van der Waals surface area contributed by atoms with Crippen LogP contribution in [0.15, 0.2) is 28.7 Å². The van der Waals surface area contributed by atoms with Crippen molar-refractivity contribution in [3.05, 3.63) is 34.3 Å². The van der Waals surface area contributed by atoms with Crippen LogP contribution in [0.25, 0.3) is 0 Å². The van der Waals surface area contributed by atoms with E-state index >= 15 is 0 Å². The molecule has 0 bridgehead atoms. The van der Waals surface area contributed by atoms with Crippen LogP contribution in [0.3, 0.4) is 0 Å². The van der Waals surface area contributed by atoms with Gasteiger partial charge in [0.25, 0.3) is 0 Å². The molecule has 0 N–H and O–H groups in total. The van der Waals surface area contributed by atoms with Crippen molar-refractivity contribution in [3.8, 4) is 0 Å². The number of ether oxygens (including phenoxy) is 1. The summed E-state index contributed by atoms with van der Waals surface area (Å²) in [5.41, 5.74) is 1.21. The van der Waals surface area contributed by atoms with Gasteiger partial charge in [0.2, 0.25) is 0 Å². The fourth-order valence-electron chi connectivity index (χ4n) is 1.58. The lowest BCUT2D eigenvalue weighted by Crippen LogP contribution is -2.21. The Labute approximate surface area is 118 Å². The van der Waals surface area contributed by atoms with Gasteiger partial charge in [-0.25, -0.2) is 0 Å². The van der Waals surface area contributed by atoms with Crippen LogP contribution in [-0.4, -0.2) is 18.1 Å². The predicted octanol–water partition coefficient (Wildman–Crippen LogP) is 4.98. The van der Waals surface area contributed by atoms with Crippen LogP contribution in [-0.2, 0) is 4.74 Å². The highest BCUT2D eigenvalue weighted by Crippen LogP contribution is 2.24. The summed E-state index contributed by atoms with van der Waals surface area (Å²) >= 11 is 9.46. The molecule has 0 aliphatic rings. The van der Waals surface area contributed by atoms with Crippen LogP contribution in [0.2, 0.25) is 0 Å². The maximum absolute atomic E-state index is 6.02. The highest BCUT2D eigenvalue weighted by molar-refractivity contribution is 9.10. The SMILES string of the molecule is CC(C)(C)OCCC(CCl)c1ccc(Br)cc1. The fraction of sp³-hybridized carbons (Fsp3) is 0.571. The van der Waals surface area contributed by atoms with Crippen molar-refractivity contribution >= 4 is 27.5 Å². The Balaban J connectivity index is 2.51. The summed E-state index contributed by atoms with van der Waals surface area (Å²) in [6.45, 7) is 6.96. The molecule has 0 amide bonds. The summed E-state index contributed by atoms with van der Waals surface area (Å²) in [5.74, 6) is 1.00. The summed E-state index contributed by atoms with van der Waals surface area (Å²) in [5, 5.41) is 0. The van der Waals surface area contributed by atoms with E-state index in [9.17, 15) is 0 Å². The molecule has 0 aliphatic heterocycles. The Morgan fingerprint density at radius 2 is 1.82 bits per heavy atom. The molecule has 0 fully saturated rings. The first-order valence-corrected chi connectivity index (χ1v) is 7.20. The maximum atomic E-state index is 6.02. The van der Waals surface area contributed by atoms with Gasteiger partial charge in [0.1, 0.15) is 0 Å². The first-order valence-electron chi connectivity index (χ1n) is 5.88. The molecule has 3 heteroatoms. The zero-order valence-electron chi connectivity index (χ0n) is 10.7. The summed E-state index contributed by atoms with van der Waals surface area (Å²) in [6.07, 6.45) is 0.961. The van der Waals surface area contributed by atoms with Crippen molar-refractivity contribution in [2.45, 2.75) is 38.7 Å². The van der Waals surface area contributed by atoms with E-state index in [-0.39, 0.29) is 5.60 Å². The molecule has 1 atom stereocenters. The average molecular weight is 320 g/mol. The Morgan fingerprint density at radius 3 is 2.29 bits per heavy atom. The third kappa shape index (κ3) is 5.89. The summed E-state index contributed by atoms with van der Waals surface area (Å²) in [7, 11) is 0. The highest BCUT2D eigenvalue weighted by atomic mass is 79.9. The predicted molar refractivity (Wildman–Crippen MR) is 77.9 cm³/mol. The van der Waals surface area contributed by atoms with Gasteiger partial charge in [-0.1, -0.05) is 28.1 Å². The molecule has 0 aliphatic carbocycles. The van der Waals surface area contributed by atoms with Crippen molar-refractivity contribution in [1.82, 2.24) is 0 Å². The number of benzene rings is 1. The molecule has 0 radical (unpaired) electrons. The van der Waals surface area contributed by atoms with Crippen LogP contribution < -0.4 is 0 Å².